The fourth-order valence-electron chi connectivity index (χ4n) is 5.72. The largest absolute Gasteiger partial charge is 0.452 e. The number of rotatable bonds is 5. The summed E-state index contributed by atoms with van der Waals surface area (Å²) in [5.74, 6) is -9.13. The number of hydrogen-bond donors (Lipinski definition) is 1. The van der Waals surface area contributed by atoms with Crippen LogP contribution in [-0.4, -0.2) is 46.7 Å². The van der Waals surface area contributed by atoms with Gasteiger partial charge in [0.2, 0.25) is 11.7 Å². The Morgan fingerprint density at radius 3 is 2.24 bits per heavy atom. The van der Waals surface area contributed by atoms with Crippen LogP contribution in [0.5, 0.6) is 0 Å². The number of hydrogen-bond acceptors (Lipinski definition) is 5. The first kappa shape index (κ1) is 25.4. The second-order valence-corrected chi connectivity index (χ2v) is 9.42. The summed E-state index contributed by atoms with van der Waals surface area (Å²) in [4.78, 5) is 26.6. The number of nitrogens with zero attached hydrogens (tertiary/aromatic N) is 2. The molecule has 200 valence electrons. The van der Waals surface area contributed by atoms with Crippen molar-refractivity contribution in [3.8, 4) is 0 Å². The van der Waals surface area contributed by atoms with E-state index in [0.29, 0.717) is 12.1 Å². The monoisotopic (exact) mass is 539 g/mol. The maximum atomic E-state index is 15.2. The number of ether oxygens (including phenoxy) is 1. The number of amides is 2. The van der Waals surface area contributed by atoms with Crippen molar-refractivity contribution in [3.05, 3.63) is 52.4 Å². The van der Waals surface area contributed by atoms with Crippen LogP contribution in [0.1, 0.15) is 46.1 Å². The highest BCUT2D eigenvalue weighted by Gasteiger charge is 2.73. The first-order valence-corrected chi connectivity index (χ1v) is 11.0. The predicted molar refractivity (Wildman–Crippen MR) is 105 cm³/mol. The normalized spacial score (nSPS) is 26.5. The highest BCUT2D eigenvalue weighted by atomic mass is 19.4. The van der Waals surface area contributed by atoms with E-state index in [-0.39, 0.29) is 32.1 Å². The smallest absolute Gasteiger partial charge is 0.381 e. The standard InChI is InChI=1S/C22H17F8N3O4/c23-12-3-11(21(25,26)27)13(24)2-10(12)17(8-6-36-7-8)20-5-9(20)1-15(18(31)34)33(20)19(35)14-4-16(37-32-14)22(28,29)30/h2-4,8-9,15,17H,1,5-7H2,(H2,31,34)/t9?,15?,17-,20?/m1/s1. The number of benzene rings is 1. The van der Waals surface area contributed by atoms with E-state index < -0.39 is 87.7 Å². The molecule has 1 saturated carbocycles. The fraction of sp³-hybridized carbons (Fsp3) is 0.500. The third kappa shape index (κ3) is 3.94. The molecule has 7 nitrogen and oxygen atoms in total. The molecule has 0 bridgehead atoms. The molecule has 2 amide bonds. The molecule has 37 heavy (non-hydrogen) atoms. The van der Waals surface area contributed by atoms with E-state index in [2.05, 4.69) is 9.68 Å². The Kier molecular flexibility index (Phi) is 5.59. The number of aromatic nitrogens is 1. The summed E-state index contributed by atoms with van der Waals surface area (Å²) >= 11 is 0. The van der Waals surface area contributed by atoms with E-state index in [0.717, 1.165) is 4.90 Å². The van der Waals surface area contributed by atoms with Gasteiger partial charge < -0.3 is 19.9 Å². The van der Waals surface area contributed by atoms with Crippen molar-refractivity contribution < 1.29 is 54.0 Å². The summed E-state index contributed by atoms with van der Waals surface area (Å²) in [5.41, 5.74) is 0.924. The summed E-state index contributed by atoms with van der Waals surface area (Å²) < 4.78 is 118. The van der Waals surface area contributed by atoms with Gasteiger partial charge in [-0.1, -0.05) is 5.16 Å². The maximum Gasteiger partial charge on any atom is 0.452 e. The van der Waals surface area contributed by atoms with Crippen LogP contribution < -0.4 is 5.73 Å². The van der Waals surface area contributed by atoms with Crippen LogP contribution in [0.3, 0.4) is 0 Å². The highest BCUT2D eigenvalue weighted by Crippen LogP contribution is 2.67. The molecule has 3 heterocycles. The summed E-state index contributed by atoms with van der Waals surface area (Å²) in [6.07, 6.45) is -10.0. The van der Waals surface area contributed by atoms with Crippen LogP contribution in [0.25, 0.3) is 0 Å². The van der Waals surface area contributed by atoms with Crippen LogP contribution in [0.15, 0.2) is 22.7 Å². The van der Waals surface area contributed by atoms with Crippen LogP contribution >= 0.6 is 0 Å². The highest BCUT2D eigenvalue weighted by molar-refractivity contribution is 5.97. The van der Waals surface area contributed by atoms with Crippen LogP contribution in [-0.2, 0) is 21.9 Å². The zero-order valence-electron chi connectivity index (χ0n) is 18.5. The molecule has 4 atom stereocenters. The molecule has 15 heteroatoms. The van der Waals surface area contributed by atoms with E-state index in [9.17, 15) is 40.3 Å². The minimum Gasteiger partial charge on any atom is -0.381 e. The SMILES string of the molecule is NC(=O)C1CC2CC2([C@@H](c2cc(F)c(C(F)(F)F)cc2F)C2COC2)N1C(=O)c1cc(C(F)(F)F)on1. The number of likely N-dealkylation sites (tertiary alicyclic amines) is 1. The average molecular weight is 539 g/mol. The Balaban J connectivity index is 1.61. The zero-order valence-corrected chi connectivity index (χ0v) is 18.5. The molecule has 0 spiro atoms. The number of carbonyl (C=O) groups excluding carboxylic acids is 2. The van der Waals surface area contributed by atoms with Gasteiger partial charge in [0, 0.05) is 17.9 Å². The number of carbonyl (C=O) groups is 2. The van der Waals surface area contributed by atoms with Gasteiger partial charge in [-0.15, -0.1) is 0 Å². The van der Waals surface area contributed by atoms with E-state index in [1.54, 1.807) is 0 Å². The molecule has 3 fully saturated rings. The summed E-state index contributed by atoms with van der Waals surface area (Å²) in [6.45, 7) is -0.0145. The lowest BCUT2D eigenvalue weighted by Gasteiger charge is -2.44. The van der Waals surface area contributed by atoms with Gasteiger partial charge in [-0.2, -0.15) is 26.3 Å². The van der Waals surface area contributed by atoms with Crippen molar-refractivity contribution in [2.24, 2.45) is 17.6 Å². The molecule has 3 aliphatic rings. The molecular weight excluding hydrogens is 522 g/mol. The fourth-order valence-corrected chi connectivity index (χ4v) is 5.72. The van der Waals surface area contributed by atoms with E-state index >= 15 is 4.39 Å². The first-order valence-electron chi connectivity index (χ1n) is 11.0. The summed E-state index contributed by atoms with van der Waals surface area (Å²) in [7, 11) is 0. The van der Waals surface area contributed by atoms with Crippen molar-refractivity contribution in [2.75, 3.05) is 13.2 Å². The summed E-state index contributed by atoms with van der Waals surface area (Å²) in [6, 6.07) is -0.568. The van der Waals surface area contributed by atoms with Crippen molar-refractivity contribution in [2.45, 2.75) is 42.7 Å². The van der Waals surface area contributed by atoms with E-state index in [1.165, 1.54) is 0 Å². The first-order chi connectivity index (χ1) is 17.2. The van der Waals surface area contributed by atoms with E-state index in [1.807, 2.05) is 0 Å². The van der Waals surface area contributed by atoms with Gasteiger partial charge >= 0.3 is 12.4 Å². The van der Waals surface area contributed by atoms with E-state index in [4.69, 9.17) is 10.5 Å². The van der Waals surface area contributed by atoms with Crippen LogP contribution in [0, 0.1) is 23.5 Å². The molecule has 3 unspecified atom stereocenters. The molecule has 1 aliphatic carbocycles. The zero-order chi connectivity index (χ0) is 27.1. The third-order valence-electron chi connectivity index (χ3n) is 7.34. The van der Waals surface area contributed by atoms with Gasteiger partial charge in [0.15, 0.2) is 5.69 Å². The number of alkyl halides is 6. The quantitative estimate of drug-likeness (QED) is 0.582. The van der Waals surface area contributed by atoms with Gasteiger partial charge in [-0.05, 0) is 36.5 Å². The number of primary amides is 1. The second kappa shape index (κ2) is 8.13. The van der Waals surface area contributed by atoms with Crippen molar-refractivity contribution >= 4 is 11.8 Å². The Morgan fingerprint density at radius 2 is 1.73 bits per heavy atom. The minimum absolute atomic E-state index is 0.00727. The summed E-state index contributed by atoms with van der Waals surface area (Å²) in [5, 5.41) is 3.16. The molecule has 2 aromatic rings. The van der Waals surface area contributed by atoms with Gasteiger partial charge in [0.1, 0.15) is 17.7 Å². The van der Waals surface area contributed by atoms with Gasteiger partial charge in [-0.3, -0.25) is 9.59 Å². The van der Waals surface area contributed by atoms with Gasteiger partial charge in [-0.25, -0.2) is 8.78 Å². The maximum absolute atomic E-state index is 15.2. The van der Waals surface area contributed by atoms with Crippen LogP contribution in [0.2, 0.25) is 0 Å². The Bertz CT molecular complexity index is 1270. The lowest BCUT2D eigenvalue weighted by Crippen LogP contribution is -2.55. The molecular formula is C22H17F8N3O4. The topological polar surface area (TPSA) is 98.7 Å². The second-order valence-electron chi connectivity index (χ2n) is 9.42. The van der Waals surface area contributed by atoms with Crippen molar-refractivity contribution in [1.82, 2.24) is 10.1 Å². The molecule has 5 rings (SSSR count). The molecule has 2 N–H and O–H groups in total. The molecule has 2 aliphatic heterocycles. The predicted octanol–water partition coefficient (Wildman–Crippen LogP) is 3.88. The van der Waals surface area contributed by atoms with Gasteiger partial charge in [0.25, 0.3) is 5.91 Å². The molecule has 1 aromatic carbocycles. The van der Waals surface area contributed by atoms with Gasteiger partial charge in [0.05, 0.1) is 24.3 Å². The Labute approximate surface area is 202 Å². The minimum atomic E-state index is -5.17. The average Bonchev–Trinajstić information content (AvgIpc) is 3.11. The lowest BCUT2D eigenvalue weighted by molar-refractivity contribution is -0.155. The molecule has 0 radical (unpaired) electrons. The lowest BCUT2D eigenvalue weighted by atomic mass is 9.76. The van der Waals surface area contributed by atoms with Crippen LogP contribution in [0.4, 0.5) is 35.1 Å². The van der Waals surface area contributed by atoms with Crippen molar-refractivity contribution in [1.29, 1.82) is 0 Å². The number of halogens is 8. The Hall–Kier alpha value is -3.23. The molecule has 1 aromatic heterocycles. The molecule has 2 saturated heterocycles. The number of fused-ring (bicyclic) bond motifs is 1. The van der Waals surface area contributed by atoms with Crippen molar-refractivity contribution in [3.63, 3.8) is 0 Å². The Morgan fingerprint density at radius 1 is 1.05 bits per heavy atom. The number of nitrogens with two attached hydrogens (primary N) is 1. The number of piperidine rings is 1. The third-order valence-corrected chi connectivity index (χ3v) is 7.34.